The molecule has 12 nitrogen and oxygen atoms in total. The standard InChI is InChI=1S/C47H55N7O5S/c1-28(31-11-17-35(18-12-31)42-29(2)48-27-60-42)50-45(58)40-24-37(55)26-54(40)46(59)43(47(4,5)6)51-44(57)30(3)53-21-19-34(20-22-53)32-13-15-33(16-14-32)36-23-39(52-49-25-36)38-9-7-8-10-41(38)56/h7-18,23,25,27-28,30,34,37,40,43,55-56H,19-22,24,26H2,1-6H3,(H,50,58)(H,51,57)/t28?,30?,37-,40+,43?/m1/s1. The van der Waals surface area contributed by atoms with E-state index in [0.29, 0.717) is 17.2 Å². The zero-order valence-electron chi connectivity index (χ0n) is 35.1. The van der Waals surface area contributed by atoms with Crippen LogP contribution in [-0.4, -0.2) is 96.8 Å². The van der Waals surface area contributed by atoms with E-state index in [4.69, 9.17) is 0 Å². The van der Waals surface area contributed by atoms with Crippen LogP contribution in [-0.2, 0) is 14.4 Å². The van der Waals surface area contributed by atoms with Crippen molar-refractivity contribution in [1.29, 1.82) is 0 Å². The third kappa shape index (κ3) is 9.43. The van der Waals surface area contributed by atoms with Crippen LogP contribution < -0.4 is 10.6 Å². The maximum atomic E-state index is 14.3. The van der Waals surface area contributed by atoms with Gasteiger partial charge >= 0.3 is 0 Å². The Balaban J connectivity index is 0.944. The fourth-order valence-electron chi connectivity index (χ4n) is 8.36. The Morgan fingerprint density at radius 1 is 0.900 bits per heavy atom. The number of para-hydroxylation sites is 1. The van der Waals surface area contributed by atoms with E-state index in [-0.39, 0.29) is 42.5 Å². The number of amides is 3. The first-order valence-electron chi connectivity index (χ1n) is 20.7. The van der Waals surface area contributed by atoms with E-state index in [1.807, 2.05) is 89.5 Å². The van der Waals surface area contributed by atoms with Crippen LogP contribution in [0.5, 0.6) is 5.75 Å². The van der Waals surface area contributed by atoms with E-state index in [0.717, 1.165) is 58.8 Å². The molecule has 0 aliphatic carbocycles. The minimum absolute atomic E-state index is 0.0133. The minimum atomic E-state index is -0.908. The van der Waals surface area contributed by atoms with Crippen LogP contribution in [0.25, 0.3) is 32.8 Å². The highest BCUT2D eigenvalue weighted by molar-refractivity contribution is 7.13. The van der Waals surface area contributed by atoms with Crippen molar-refractivity contribution in [3.63, 3.8) is 0 Å². The van der Waals surface area contributed by atoms with Crippen molar-refractivity contribution in [3.05, 3.63) is 107 Å². The Labute approximate surface area is 356 Å². The van der Waals surface area contributed by atoms with Crippen LogP contribution in [0.3, 0.4) is 0 Å². The number of carbonyl (C=O) groups is 3. The second kappa shape index (κ2) is 18.0. The lowest BCUT2D eigenvalue weighted by Crippen LogP contribution is -2.60. The molecule has 0 saturated carbocycles. The topological polar surface area (TPSA) is 161 Å². The Kier molecular flexibility index (Phi) is 12.8. The normalized spacial score (nSPS) is 19.1. The number of piperidine rings is 1. The van der Waals surface area contributed by atoms with Crippen molar-refractivity contribution in [2.75, 3.05) is 19.6 Å². The van der Waals surface area contributed by atoms with Crippen LogP contribution in [0.2, 0.25) is 0 Å². The lowest BCUT2D eigenvalue weighted by molar-refractivity contribution is -0.144. The van der Waals surface area contributed by atoms with E-state index in [1.165, 1.54) is 10.5 Å². The number of thiazole rings is 1. The Morgan fingerprint density at radius 3 is 2.23 bits per heavy atom. The second-order valence-corrected chi connectivity index (χ2v) is 18.1. The number of aromatic nitrogens is 3. The van der Waals surface area contributed by atoms with Gasteiger partial charge in [0.1, 0.15) is 17.8 Å². The summed E-state index contributed by atoms with van der Waals surface area (Å²) in [5, 5.41) is 35.6. The number of carbonyl (C=O) groups excluding carboxylic acids is 3. The molecule has 0 radical (unpaired) electrons. The van der Waals surface area contributed by atoms with E-state index >= 15 is 0 Å². The number of aryl methyl sites for hydroxylation is 1. The van der Waals surface area contributed by atoms with Gasteiger partial charge in [0.05, 0.1) is 46.2 Å². The molecule has 60 heavy (non-hydrogen) atoms. The minimum Gasteiger partial charge on any atom is -0.507 e. The second-order valence-electron chi connectivity index (χ2n) is 17.3. The molecule has 3 unspecified atom stereocenters. The summed E-state index contributed by atoms with van der Waals surface area (Å²) in [7, 11) is 0. The lowest BCUT2D eigenvalue weighted by Gasteiger charge is -2.39. The number of hydrogen-bond donors (Lipinski definition) is 4. The molecular weight excluding hydrogens is 775 g/mol. The molecule has 0 bridgehead atoms. The predicted octanol–water partition coefficient (Wildman–Crippen LogP) is 6.89. The van der Waals surface area contributed by atoms with E-state index in [9.17, 15) is 24.6 Å². The van der Waals surface area contributed by atoms with Gasteiger partial charge in [-0.05, 0) is 98.5 Å². The number of aliphatic hydroxyl groups is 1. The molecule has 5 aromatic rings. The SMILES string of the molecule is Cc1ncsc1-c1ccc(C(C)NC(=O)[C@@H]2C[C@@H](O)CN2C(=O)C(NC(=O)C(C)N2CCC(c3ccc(-c4cnnc(-c5ccccc5O)c4)cc3)CC2)C(C)(C)C)cc1. The molecule has 314 valence electrons. The number of nitrogens with one attached hydrogen (secondary N) is 2. The van der Waals surface area contributed by atoms with Crippen molar-refractivity contribution in [3.8, 4) is 38.6 Å². The highest BCUT2D eigenvalue weighted by Crippen LogP contribution is 2.34. The van der Waals surface area contributed by atoms with Gasteiger partial charge in [0.15, 0.2) is 0 Å². The van der Waals surface area contributed by atoms with Crippen LogP contribution in [0, 0.1) is 12.3 Å². The van der Waals surface area contributed by atoms with Crippen molar-refractivity contribution in [2.45, 2.75) is 97.0 Å². The van der Waals surface area contributed by atoms with Crippen LogP contribution in [0.1, 0.15) is 82.7 Å². The largest absolute Gasteiger partial charge is 0.507 e. The molecule has 3 aromatic carbocycles. The summed E-state index contributed by atoms with van der Waals surface area (Å²) in [6.07, 6.45) is 2.74. The highest BCUT2D eigenvalue weighted by atomic mass is 32.1. The summed E-state index contributed by atoms with van der Waals surface area (Å²) >= 11 is 1.58. The number of nitrogens with zero attached hydrogens (tertiary/aromatic N) is 5. The summed E-state index contributed by atoms with van der Waals surface area (Å²) in [6.45, 7) is 12.9. The molecule has 2 aliphatic heterocycles. The molecule has 3 amide bonds. The molecule has 2 fully saturated rings. The highest BCUT2D eigenvalue weighted by Gasteiger charge is 2.45. The maximum absolute atomic E-state index is 14.3. The van der Waals surface area contributed by atoms with E-state index < -0.39 is 29.6 Å². The summed E-state index contributed by atoms with van der Waals surface area (Å²) in [5.41, 5.74) is 8.49. The first kappa shape index (κ1) is 42.6. The number of aromatic hydroxyl groups is 1. The van der Waals surface area contributed by atoms with Gasteiger partial charge in [-0.2, -0.15) is 10.2 Å². The maximum Gasteiger partial charge on any atom is 0.246 e. The van der Waals surface area contributed by atoms with Gasteiger partial charge in [-0.25, -0.2) is 4.98 Å². The smallest absolute Gasteiger partial charge is 0.246 e. The van der Waals surface area contributed by atoms with Crippen molar-refractivity contribution >= 4 is 29.1 Å². The van der Waals surface area contributed by atoms with Crippen LogP contribution in [0.4, 0.5) is 0 Å². The van der Waals surface area contributed by atoms with Gasteiger partial charge in [0.2, 0.25) is 17.7 Å². The molecular formula is C47H55N7O5S. The zero-order chi connectivity index (χ0) is 42.7. The van der Waals surface area contributed by atoms with E-state index in [2.05, 4.69) is 55.0 Å². The molecule has 5 atom stereocenters. The van der Waals surface area contributed by atoms with Crippen LogP contribution >= 0.6 is 11.3 Å². The molecule has 13 heteroatoms. The average molecular weight is 830 g/mol. The number of rotatable bonds is 11. The number of phenolic OH excluding ortho intramolecular Hbond substituents is 1. The summed E-state index contributed by atoms with van der Waals surface area (Å²) in [5.74, 6) is -0.471. The lowest BCUT2D eigenvalue weighted by atomic mass is 9.85. The number of β-amino-alcohol motifs (C(OH)–C–C–N with tert-alkyl or cyclic N) is 1. The number of benzene rings is 3. The predicted molar refractivity (Wildman–Crippen MR) is 234 cm³/mol. The number of likely N-dealkylation sites (tertiary alicyclic amines) is 2. The molecule has 4 N–H and O–H groups in total. The summed E-state index contributed by atoms with van der Waals surface area (Å²) < 4.78 is 0. The van der Waals surface area contributed by atoms with Gasteiger partial charge in [0, 0.05) is 24.1 Å². The van der Waals surface area contributed by atoms with Crippen LogP contribution in [0.15, 0.2) is 90.6 Å². The van der Waals surface area contributed by atoms with Gasteiger partial charge in [-0.1, -0.05) is 81.4 Å². The Hall–Kier alpha value is -5.50. The quantitative estimate of drug-likeness (QED) is 0.111. The third-order valence-electron chi connectivity index (χ3n) is 12.0. The molecule has 2 saturated heterocycles. The summed E-state index contributed by atoms with van der Waals surface area (Å²) in [6, 6.07) is 22.9. The number of phenols is 1. The number of aliphatic hydroxyl groups excluding tert-OH is 1. The average Bonchev–Trinajstić information content (AvgIpc) is 3.87. The first-order chi connectivity index (χ1) is 28.7. The number of hydrogen-bond acceptors (Lipinski definition) is 10. The zero-order valence-corrected chi connectivity index (χ0v) is 35.9. The van der Waals surface area contributed by atoms with Crippen molar-refractivity contribution in [1.82, 2.24) is 35.6 Å². The Bertz CT molecular complexity index is 2300. The molecule has 0 spiro atoms. The van der Waals surface area contributed by atoms with E-state index in [1.54, 1.807) is 29.7 Å². The van der Waals surface area contributed by atoms with Gasteiger partial charge in [0.25, 0.3) is 0 Å². The Morgan fingerprint density at radius 2 is 1.58 bits per heavy atom. The molecule has 7 rings (SSSR count). The fourth-order valence-corrected chi connectivity index (χ4v) is 9.17. The van der Waals surface area contributed by atoms with Gasteiger partial charge < -0.3 is 25.7 Å². The molecule has 4 heterocycles. The van der Waals surface area contributed by atoms with Crippen molar-refractivity contribution in [2.24, 2.45) is 5.41 Å². The monoisotopic (exact) mass is 829 g/mol. The fraction of sp³-hybridized carbons (Fsp3) is 0.404. The molecule has 2 aromatic heterocycles. The van der Waals surface area contributed by atoms with Crippen molar-refractivity contribution < 1.29 is 24.6 Å². The van der Waals surface area contributed by atoms with Gasteiger partial charge in [-0.15, -0.1) is 11.3 Å². The summed E-state index contributed by atoms with van der Waals surface area (Å²) in [4.78, 5) is 51.0. The first-order valence-corrected chi connectivity index (χ1v) is 21.6. The molecule has 2 aliphatic rings. The van der Waals surface area contributed by atoms with Gasteiger partial charge in [-0.3, -0.25) is 19.3 Å². The third-order valence-corrected chi connectivity index (χ3v) is 13.0.